The molecule has 0 radical (unpaired) electrons. The number of ether oxygens (including phenoxy) is 2. The molecule has 0 atom stereocenters. The van der Waals surface area contributed by atoms with Crippen LogP contribution in [0.15, 0.2) is 18.2 Å². The maximum absolute atomic E-state index is 7.53. The molecule has 2 rings (SSSR count). The smallest absolute Gasteiger partial charge is 0.131 e. The second-order valence-electron chi connectivity index (χ2n) is 4.39. The monoisotopic (exact) mass is 268 g/mol. The van der Waals surface area contributed by atoms with E-state index in [4.69, 9.17) is 32.2 Å². The summed E-state index contributed by atoms with van der Waals surface area (Å²) in [4.78, 5) is 0. The molecule has 98 valence electrons. The van der Waals surface area contributed by atoms with E-state index in [-0.39, 0.29) is 5.84 Å². The van der Waals surface area contributed by atoms with Crippen LogP contribution in [0.5, 0.6) is 5.75 Å². The number of nitrogens with one attached hydrogen (secondary N) is 1. The highest BCUT2D eigenvalue weighted by atomic mass is 35.5. The highest BCUT2D eigenvalue weighted by molar-refractivity contribution is 6.34. The maximum atomic E-state index is 7.53. The Bertz CT molecular complexity index is 431. The standard InChI is InChI=1S/C13H17ClN2O2/c14-10-2-1-3-11(12(10)13(15)16)18-8-9-4-6-17-7-5-9/h1-3,9H,4-8H2,(H3,15,16). The van der Waals surface area contributed by atoms with Crippen molar-refractivity contribution in [2.45, 2.75) is 12.8 Å². The van der Waals surface area contributed by atoms with Crippen LogP contribution in [0, 0.1) is 11.3 Å². The summed E-state index contributed by atoms with van der Waals surface area (Å²) in [5.74, 6) is 1.02. The van der Waals surface area contributed by atoms with E-state index in [9.17, 15) is 0 Å². The molecule has 1 fully saturated rings. The Morgan fingerprint density at radius 3 is 2.83 bits per heavy atom. The van der Waals surface area contributed by atoms with E-state index in [1.165, 1.54) is 0 Å². The minimum absolute atomic E-state index is 0.0671. The summed E-state index contributed by atoms with van der Waals surface area (Å²) in [5, 5.41) is 7.98. The number of hydrogen-bond donors (Lipinski definition) is 2. The van der Waals surface area contributed by atoms with Gasteiger partial charge in [0.1, 0.15) is 11.6 Å². The Labute approximate surface area is 112 Å². The third kappa shape index (κ3) is 3.15. The fourth-order valence-corrected chi connectivity index (χ4v) is 2.27. The van der Waals surface area contributed by atoms with Gasteiger partial charge in [-0.3, -0.25) is 5.41 Å². The van der Waals surface area contributed by atoms with Crippen molar-refractivity contribution in [1.82, 2.24) is 0 Å². The largest absolute Gasteiger partial charge is 0.492 e. The molecular weight excluding hydrogens is 252 g/mol. The molecular formula is C13H17ClN2O2. The zero-order valence-electron chi connectivity index (χ0n) is 10.1. The van der Waals surface area contributed by atoms with E-state index in [1.54, 1.807) is 18.2 Å². The second kappa shape index (κ2) is 6.07. The molecule has 1 aliphatic rings. The average molecular weight is 269 g/mol. The van der Waals surface area contributed by atoms with E-state index in [2.05, 4.69) is 0 Å². The van der Waals surface area contributed by atoms with E-state index >= 15 is 0 Å². The van der Waals surface area contributed by atoms with Crippen LogP contribution in [0.4, 0.5) is 0 Å². The number of halogens is 1. The molecule has 1 heterocycles. The molecule has 4 nitrogen and oxygen atoms in total. The van der Waals surface area contributed by atoms with Gasteiger partial charge >= 0.3 is 0 Å². The molecule has 5 heteroatoms. The summed E-state index contributed by atoms with van der Waals surface area (Å²) in [5.41, 5.74) is 6.00. The second-order valence-corrected chi connectivity index (χ2v) is 4.80. The number of rotatable bonds is 4. The molecule has 0 saturated carbocycles. The van der Waals surface area contributed by atoms with E-state index in [0.717, 1.165) is 26.1 Å². The summed E-state index contributed by atoms with van der Waals surface area (Å²) in [6, 6.07) is 5.30. The number of nitrogen functional groups attached to an aromatic ring is 1. The van der Waals surface area contributed by atoms with Crippen molar-refractivity contribution >= 4 is 17.4 Å². The fourth-order valence-electron chi connectivity index (χ4n) is 2.01. The Kier molecular flexibility index (Phi) is 4.44. The predicted molar refractivity (Wildman–Crippen MR) is 71.5 cm³/mol. The van der Waals surface area contributed by atoms with Crippen molar-refractivity contribution in [3.8, 4) is 5.75 Å². The van der Waals surface area contributed by atoms with Gasteiger partial charge in [0.25, 0.3) is 0 Å². The molecule has 3 N–H and O–H groups in total. The van der Waals surface area contributed by atoms with Gasteiger partial charge in [-0.25, -0.2) is 0 Å². The third-order valence-corrected chi connectivity index (χ3v) is 3.38. The van der Waals surface area contributed by atoms with Gasteiger partial charge in [0.2, 0.25) is 0 Å². The average Bonchev–Trinajstić information content (AvgIpc) is 2.37. The molecule has 18 heavy (non-hydrogen) atoms. The maximum Gasteiger partial charge on any atom is 0.131 e. The first-order chi connectivity index (χ1) is 8.68. The zero-order valence-corrected chi connectivity index (χ0v) is 10.9. The molecule has 0 aromatic heterocycles. The van der Waals surface area contributed by atoms with Crippen LogP contribution in [0.25, 0.3) is 0 Å². The van der Waals surface area contributed by atoms with Crippen LogP contribution in [-0.2, 0) is 4.74 Å². The minimum Gasteiger partial charge on any atom is -0.492 e. The number of nitrogens with two attached hydrogens (primary N) is 1. The lowest BCUT2D eigenvalue weighted by Gasteiger charge is -2.22. The topological polar surface area (TPSA) is 68.3 Å². The zero-order chi connectivity index (χ0) is 13.0. The Morgan fingerprint density at radius 1 is 1.44 bits per heavy atom. The Morgan fingerprint density at radius 2 is 2.17 bits per heavy atom. The first kappa shape index (κ1) is 13.2. The third-order valence-electron chi connectivity index (χ3n) is 3.06. The van der Waals surface area contributed by atoms with E-state index in [1.807, 2.05) is 0 Å². The van der Waals surface area contributed by atoms with E-state index < -0.39 is 0 Å². The summed E-state index contributed by atoms with van der Waals surface area (Å²) < 4.78 is 11.1. The van der Waals surface area contributed by atoms with Crippen LogP contribution in [0.2, 0.25) is 5.02 Å². The van der Waals surface area contributed by atoms with Gasteiger partial charge in [-0.05, 0) is 30.9 Å². The Balaban J connectivity index is 2.04. The quantitative estimate of drug-likeness (QED) is 0.651. The highest BCUT2D eigenvalue weighted by Gasteiger charge is 2.16. The van der Waals surface area contributed by atoms with Gasteiger partial charge in [0.15, 0.2) is 0 Å². The normalized spacial score (nSPS) is 16.5. The van der Waals surface area contributed by atoms with Crippen molar-refractivity contribution in [2.24, 2.45) is 11.7 Å². The molecule has 0 amide bonds. The lowest BCUT2D eigenvalue weighted by molar-refractivity contribution is 0.0497. The fraction of sp³-hybridized carbons (Fsp3) is 0.462. The van der Waals surface area contributed by atoms with Crippen LogP contribution >= 0.6 is 11.6 Å². The van der Waals surface area contributed by atoms with Crippen LogP contribution in [0.3, 0.4) is 0 Å². The van der Waals surface area contributed by atoms with Crippen molar-refractivity contribution in [3.63, 3.8) is 0 Å². The van der Waals surface area contributed by atoms with Gasteiger partial charge in [0, 0.05) is 13.2 Å². The van der Waals surface area contributed by atoms with E-state index in [0.29, 0.717) is 28.9 Å². The van der Waals surface area contributed by atoms with Gasteiger partial charge < -0.3 is 15.2 Å². The summed E-state index contributed by atoms with van der Waals surface area (Å²) in [7, 11) is 0. The van der Waals surface area contributed by atoms with Crippen molar-refractivity contribution in [3.05, 3.63) is 28.8 Å². The molecule has 0 bridgehead atoms. The van der Waals surface area contributed by atoms with Crippen LogP contribution in [0.1, 0.15) is 18.4 Å². The lowest BCUT2D eigenvalue weighted by atomic mass is 10.0. The molecule has 1 aromatic rings. The van der Waals surface area contributed by atoms with Gasteiger partial charge in [0.05, 0.1) is 17.2 Å². The molecule has 1 aromatic carbocycles. The molecule has 0 unspecified atom stereocenters. The predicted octanol–water partition coefficient (Wildman–Crippen LogP) is 2.43. The van der Waals surface area contributed by atoms with Crippen molar-refractivity contribution < 1.29 is 9.47 Å². The number of benzene rings is 1. The highest BCUT2D eigenvalue weighted by Crippen LogP contribution is 2.27. The van der Waals surface area contributed by atoms with Crippen LogP contribution < -0.4 is 10.5 Å². The van der Waals surface area contributed by atoms with Crippen molar-refractivity contribution in [1.29, 1.82) is 5.41 Å². The molecule has 0 aliphatic carbocycles. The number of hydrogen-bond acceptors (Lipinski definition) is 3. The summed E-state index contributed by atoms with van der Waals surface area (Å²) in [6.45, 7) is 2.20. The minimum atomic E-state index is -0.0671. The lowest BCUT2D eigenvalue weighted by Crippen LogP contribution is -2.22. The summed E-state index contributed by atoms with van der Waals surface area (Å²) >= 11 is 6.03. The summed E-state index contributed by atoms with van der Waals surface area (Å²) in [6.07, 6.45) is 2.02. The first-order valence-electron chi connectivity index (χ1n) is 6.02. The Hall–Kier alpha value is -1.26. The molecule has 1 aliphatic heterocycles. The van der Waals surface area contributed by atoms with Gasteiger partial charge in [-0.15, -0.1) is 0 Å². The SMILES string of the molecule is N=C(N)c1c(Cl)cccc1OCC1CCOCC1. The molecule has 0 spiro atoms. The number of amidine groups is 1. The van der Waals surface area contributed by atoms with Gasteiger partial charge in [-0.2, -0.15) is 0 Å². The first-order valence-corrected chi connectivity index (χ1v) is 6.39. The van der Waals surface area contributed by atoms with Gasteiger partial charge in [-0.1, -0.05) is 17.7 Å². The molecule has 1 saturated heterocycles. The van der Waals surface area contributed by atoms with Crippen molar-refractivity contribution in [2.75, 3.05) is 19.8 Å². The van der Waals surface area contributed by atoms with Crippen LogP contribution in [-0.4, -0.2) is 25.7 Å².